The molecule has 128 valence electrons. The van der Waals surface area contributed by atoms with E-state index in [1.165, 1.54) is 17.8 Å². The average molecular weight is 338 g/mol. The first-order valence-corrected chi connectivity index (χ1v) is 9.06. The monoisotopic (exact) mass is 338 g/mol. The Morgan fingerprint density at radius 2 is 2.04 bits per heavy atom. The van der Waals surface area contributed by atoms with Crippen LogP contribution in [0.5, 0.6) is 0 Å². The number of nitrogens with one attached hydrogen (secondary N) is 2. The summed E-state index contributed by atoms with van der Waals surface area (Å²) in [6, 6.07) is -0.0332. The summed E-state index contributed by atoms with van der Waals surface area (Å²) in [5.41, 5.74) is 2.40. The molecule has 0 bridgehead atoms. The Bertz CT molecular complexity index is 546. The van der Waals surface area contributed by atoms with Crippen LogP contribution >= 0.6 is 11.3 Å². The van der Waals surface area contributed by atoms with E-state index in [-0.39, 0.29) is 11.9 Å². The smallest absolute Gasteiger partial charge is 0.317 e. The van der Waals surface area contributed by atoms with Gasteiger partial charge in [0, 0.05) is 26.2 Å². The van der Waals surface area contributed by atoms with Crippen LogP contribution in [0.2, 0.25) is 0 Å². The Labute approximate surface area is 141 Å². The number of amides is 3. The number of aromatic nitrogens is 1. The Balaban J connectivity index is 1.70. The summed E-state index contributed by atoms with van der Waals surface area (Å²) in [4.78, 5) is 30.7. The first kappa shape index (κ1) is 17.7. The molecule has 2 atom stereocenters. The number of carbonyl (C=O) groups is 2. The minimum atomic E-state index is -0.128. The lowest BCUT2D eigenvalue weighted by Gasteiger charge is -2.23. The maximum absolute atomic E-state index is 12.2. The summed E-state index contributed by atoms with van der Waals surface area (Å²) >= 11 is 1.33. The predicted molar refractivity (Wildman–Crippen MR) is 91.7 cm³/mol. The van der Waals surface area contributed by atoms with Crippen LogP contribution in [-0.2, 0) is 0 Å². The van der Waals surface area contributed by atoms with Crippen LogP contribution < -0.4 is 10.6 Å². The third kappa shape index (κ3) is 5.20. The molecule has 23 heavy (non-hydrogen) atoms. The number of carbonyl (C=O) groups excluding carboxylic acids is 2. The molecule has 1 saturated heterocycles. The Hall–Kier alpha value is -1.63. The molecular formula is C16H26N4O2S. The fourth-order valence-corrected chi connectivity index (χ4v) is 3.68. The molecule has 0 radical (unpaired) electrons. The third-order valence-electron chi connectivity index (χ3n) is 4.15. The zero-order valence-electron chi connectivity index (χ0n) is 14.1. The van der Waals surface area contributed by atoms with Gasteiger partial charge >= 0.3 is 6.03 Å². The highest BCUT2D eigenvalue weighted by Gasteiger charge is 2.22. The Kier molecular flexibility index (Phi) is 6.38. The molecule has 0 aromatic carbocycles. The van der Waals surface area contributed by atoms with E-state index in [1.54, 1.807) is 5.51 Å². The number of hydrogen-bond donors (Lipinski definition) is 2. The van der Waals surface area contributed by atoms with Crippen molar-refractivity contribution in [3.05, 3.63) is 16.1 Å². The molecule has 1 aromatic heterocycles. The summed E-state index contributed by atoms with van der Waals surface area (Å²) in [6.45, 7) is 8.72. The molecule has 1 aromatic rings. The zero-order chi connectivity index (χ0) is 16.8. The van der Waals surface area contributed by atoms with Gasteiger partial charge in [-0.2, -0.15) is 0 Å². The van der Waals surface area contributed by atoms with Gasteiger partial charge in [0.1, 0.15) is 4.88 Å². The molecule has 1 aliphatic rings. The fourth-order valence-electron chi connectivity index (χ4n) is 2.96. The fraction of sp³-hybridized carbons (Fsp3) is 0.688. The quantitative estimate of drug-likeness (QED) is 0.827. The lowest BCUT2D eigenvalue weighted by Crippen LogP contribution is -2.44. The van der Waals surface area contributed by atoms with Gasteiger partial charge in [-0.25, -0.2) is 9.78 Å². The molecular weight excluding hydrogens is 312 g/mol. The van der Waals surface area contributed by atoms with Crippen LogP contribution in [0.4, 0.5) is 4.79 Å². The second-order valence-electron chi connectivity index (χ2n) is 6.44. The highest BCUT2D eigenvalue weighted by Crippen LogP contribution is 2.21. The van der Waals surface area contributed by atoms with E-state index in [0.29, 0.717) is 29.8 Å². The second kappa shape index (κ2) is 8.29. The molecule has 3 amide bonds. The molecule has 2 heterocycles. The third-order valence-corrected chi connectivity index (χ3v) is 5.08. The van der Waals surface area contributed by atoms with Crippen LogP contribution in [0.25, 0.3) is 0 Å². The summed E-state index contributed by atoms with van der Waals surface area (Å²) in [6.07, 6.45) is 2.23. The van der Waals surface area contributed by atoms with Gasteiger partial charge in [0.2, 0.25) is 0 Å². The van der Waals surface area contributed by atoms with Gasteiger partial charge in [0.15, 0.2) is 0 Å². The van der Waals surface area contributed by atoms with Crippen molar-refractivity contribution in [3.63, 3.8) is 0 Å². The molecule has 1 fully saturated rings. The van der Waals surface area contributed by atoms with Gasteiger partial charge in [0.05, 0.1) is 11.2 Å². The highest BCUT2D eigenvalue weighted by molar-refractivity contribution is 7.11. The SMILES string of the molecule is Cc1ncsc1C(=O)NCCNC(=O)N1CCC(C)CC(C)C1. The van der Waals surface area contributed by atoms with Crippen molar-refractivity contribution < 1.29 is 9.59 Å². The second-order valence-corrected chi connectivity index (χ2v) is 7.29. The van der Waals surface area contributed by atoms with E-state index in [2.05, 4.69) is 29.5 Å². The number of hydrogen-bond acceptors (Lipinski definition) is 4. The number of nitrogens with zero attached hydrogens (tertiary/aromatic N) is 2. The summed E-state index contributed by atoms with van der Waals surface area (Å²) in [7, 11) is 0. The number of urea groups is 1. The van der Waals surface area contributed by atoms with Crippen molar-refractivity contribution in [3.8, 4) is 0 Å². The largest absolute Gasteiger partial charge is 0.350 e. The number of aryl methyl sites for hydroxylation is 1. The van der Waals surface area contributed by atoms with E-state index < -0.39 is 0 Å². The van der Waals surface area contributed by atoms with Gasteiger partial charge in [-0.1, -0.05) is 13.8 Å². The van der Waals surface area contributed by atoms with Crippen LogP contribution in [-0.4, -0.2) is 48.0 Å². The van der Waals surface area contributed by atoms with Gasteiger partial charge in [-0.05, 0) is 31.6 Å². The normalized spacial score (nSPS) is 21.6. The number of likely N-dealkylation sites (tertiary alicyclic amines) is 1. The summed E-state index contributed by atoms with van der Waals surface area (Å²) in [5, 5.41) is 5.70. The van der Waals surface area contributed by atoms with Gasteiger partial charge < -0.3 is 15.5 Å². The van der Waals surface area contributed by atoms with Crippen molar-refractivity contribution in [2.45, 2.75) is 33.6 Å². The molecule has 0 spiro atoms. The van der Waals surface area contributed by atoms with Crippen molar-refractivity contribution >= 4 is 23.3 Å². The van der Waals surface area contributed by atoms with E-state index in [9.17, 15) is 9.59 Å². The summed E-state index contributed by atoms with van der Waals surface area (Å²) in [5.74, 6) is 1.08. The zero-order valence-corrected chi connectivity index (χ0v) is 14.9. The minimum Gasteiger partial charge on any atom is -0.350 e. The number of rotatable bonds is 4. The van der Waals surface area contributed by atoms with Crippen LogP contribution in [0.1, 0.15) is 42.1 Å². The minimum absolute atomic E-state index is 0.0332. The molecule has 2 N–H and O–H groups in total. The molecule has 2 rings (SSSR count). The molecule has 2 unspecified atom stereocenters. The molecule has 7 heteroatoms. The van der Waals surface area contributed by atoms with Gasteiger partial charge in [-0.15, -0.1) is 11.3 Å². The first-order valence-electron chi connectivity index (χ1n) is 8.18. The van der Waals surface area contributed by atoms with Crippen molar-refractivity contribution in [2.24, 2.45) is 11.8 Å². The lowest BCUT2D eigenvalue weighted by atomic mass is 9.97. The lowest BCUT2D eigenvalue weighted by molar-refractivity contribution is 0.0956. The van der Waals surface area contributed by atoms with E-state index in [1.807, 2.05) is 11.8 Å². The summed E-state index contributed by atoms with van der Waals surface area (Å²) < 4.78 is 0. The van der Waals surface area contributed by atoms with E-state index >= 15 is 0 Å². The van der Waals surface area contributed by atoms with E-state index in [0.717, 1.165) is 25.2 Å². The van der Waals surface area contributed by atoms with Crippen LogP contribution in [0, 0.1) is 18.8 Å². The number of thiazole rings is 1. The predicted octanol–water partition coefficient (Wildman–Crippen LogP) is 2.26. The topological polar surface area (TPSA) is 74.3 Å². The average Bonchev–Trinajstić information content (AvgIpc) is 2.85. The van der Waals surface area contributed by atoms with Crippen LogP contribution in [0.15, 0.2) is 5.51 Å². The van der Waals surface area contributed by atoms with Gasteiger partial charge in [-0.3, -0.25) is 4.79 Å². The molecule has 1 aliphatic heterocycles. The first-order chi connectivity index (χ1) is 11.0. The van der Waals surface area contributed by atoms with Crippen LogP contribution in [0.3, 0.4) is 0 Å². The standard InChI is InChI=1S/C16H26N4O2S/c1-11-4-7-20(9-12(2)8-11)16(22)18-6-5-17-15(21)14-13(3)19-10-23-14/h10-12H,4-9H2,1-3H3,(H,17,21)(H,18,22). The van der Waals surface area contributed by atoms with Crippen molar-refractivity contribution in [1.82, 2.24) is 20.5 Å². The molecule has 6 nitrogen and oxygen atoms in total. The van der Waals surface area contributed by atoms with Gasteiger partial charge in [0.25, 0.3) is 5.91 Å². The van der Waals surface area contributed by atoms with Crippen molar-refractivity contribution in [1.29, 1.82) is 0 Å². The van der Waals surface area contributed by atoms with E-state index in [4.69, 9.17) is 0 Å². The maximum atomic E-state index is 12.2. The Morgan fingerprint density at radius 1 is 1.30 bits per heavy atom. The van der Waals surface area contributed by atoms with Crippen molar-refractivity contribution in [2.75, 3.05) is 26.2 Å². The maximum Gasteiger partial charge on any atom is 0.317 e. The molecule has 0 aliphatic carbocycles. The molecule has 0 saturated carbocycles. The highest BCUT2D eigenvalue weighted by atomic mass is 32.1. The Morgan fingerprint density at radius 3 is 2.74 bits per heavy atom.